The van der Waals surface area contributed by atoms with Crippen molar-refractivity contribution in [2.24, 2.45) is 11.8 Å². The molecule has 94 valence electrons. The molecule has 4 heteroatoms. The molecule has 1 fully saturated rings. The van der Waals surface area contributed by atoms with Gasteiger partial charge >= 0.3 is 0 Å². The molecule has 1 aromatic rings. The second kappa shape index (κ2) is 5.58. The maximum atomic E-state index is 13.5. The highest BCUT2D eigenvalue weighted by atomic mass is 19.1. The van der Waals surface area contributed by atoms with E-state index in [1.165, 1.54) is 0 Å². The summed E-state index contributed by atoms with van der Waals surface area (Å²) in [5.41, 5.74) is 4.34. The Labute approximate surface area is 101 Å². The van der Waals surface area contributed by atoms with Crippen LogP contribution in [0.15, 0.2) is 18.2 Å². The molecule has 0 saturated carbocycles. The second-order valence-electron chi connectivity index (χ2n) is 4.63. The number of rotatable bonds is 3. The van der Waals surface area contributed by atoms with Gasteiger partial charge in [0.15, 0.2) is 0 Å². The molecule has 0 bridgehead atoms. The van der Waals surface area contributed by atoms with Gasteiger partial charge < -0.3 is 4.74 Å². The van der Waals surface area contributed by atoms with Crippen molar-refractivity contribution in [1.82, 2.24) is 5.43 Å². The molecule has 3 N–H and O–H groups in total. The lowest BCUT2D eigenvalue weighted by Crippen LogP contribution is -2.37. The summed E-state index contributed by atoms with van der Waals surface area (Å²) in [5, 5.41) is 0. The Hall–Kier alpha value is -0.970. The molecule has 3 nitrogen and oxygen atoms in total. The Bertz CT molecular complexity index is 378. The van der Waals surface area contributed by atoms with Crippen LogP contribution in [0.1, 0.15) is 30.0 Å². The first-order valence-electron chi connectivity index (χ1n) is 6.02. The van der Waals surface area contributed by atoms with E-state index in [1.54, 1.807) is 19.1 Å². The summed E-state index contributed by atoms with van der Waals surface area (Å²) in [4.78, 5) is 0. The monoisotopic (exact) mass is 238 g/mol. The number of hydrogen-bond acceptors (Lipinski definition) is 3. The van der Waals surface area contributed by atoms with Gasteiger partial charge in [-0.1, -0.05) is 12.1 Å². The van der Waals surface area contributed by atoms with Crippen molar-refractivity contribution in [2.45, 2.75) is 25.8 Å². The number of hydrogen-bond donors (Lipinski definition) is 2. The molecule has 17 heavy (non-hydrogen) atoms. The molecule has 2 atom stereocenters. The van der Waals surface area contributed by atoms with E-state index in [4.69, 9.17) is 10.6 Å². The molecular formula is C13H19FN2O. The Morgan fingerprint density at radius 3 is 2.94 bits per heavy atom. The quantitative estimate of drug-likeness (QED) is 0.626. The van der Waals surface area contributed by atoms with Crippen LogP contribution >= 0.6 is 0 Å². The van der Waals surface area contributed by atoms with Gasteiger partial charge in [0.05, 0.1) is 12.6 Å². The third-order valence-corrected chi connectivity index (χ3v) is 3.40. The number of nitrogens with one attached hydrogen (secondary N) is 1. The summed E-state index contributed by atoms with van der Waals surface area (Å²) in [5.74, 6) is 5.73. The number of ether oxygens (including phenoxy) is 1. The molecular weight excluding hydrogens is 219 g/mol. The number of benzene rings is 1. The van der Waals surface area contributed by atoms with Crippen molar-refractivity contribution >= 4 is 0 Å². The van der Waals surface area contributed by atoms with E-state index in [-0.39, 0.29) is 11.9 Å². The van der Waals surface area contributed by atoms with Gasteiger partial charge in [0, 0.05) is 12.5 Å². The van der Waals surface area contributed by atoms with Crippen molar-refractivity contribution in [2.75, 3.05) is 13.2 Å². The highest BCUT2D eigenvalue weighted by molar-refractivity contribution is 5.26. The van der Waals surface area contributed by atoms with Crippen LogP contribution < -0.4 is 11.3 Å². The smallest absolute Gasteiger partial charge is 0.126 e. The van der Waals surface area contributed by atoms with Crippen molar-refractivity contribution in [3.63, 3.8) is 0 Å². The minimum absolute atomic E-state index is 0.0367. The summed E-state index contributed by atoms with van der Waals surface area (Å²) < 4.78 is 19.0. The van der Waals surface area contributed by atoms with Gasteiger partial charge in [-0.2, -0.15) is 0 Å². The van der Waals surface area contributed by atoms with Gasteiger partial charge in [0.25, 0.3) is 0 Å². The van der Waals surface area contributed by atoms with Crippen LogP contribution in [-0.2, 0) is 4.74 Å². The minimum atomic E-state index is -0.181. The molecule has 2 unspecified atom stereocenters. The van der Waals surface area contributed by atoms with E-state index >= 15 is 0 Å². The highest BCUT2D eigenvalue weighted by Crippen LogP contribution is 2.29. The summed E-state index contributed by atoms with van der Waals surface area (Å²) >= 11 is 0. The van der Waals surface area contributed by atoms with E-state index in [0.717, 1.165) is 25.0 Å². The van der Waals surface area contributed by atoms with Crippen LogP contribution in [0.3, 0.4) is 0 Å². The van der Waals surface area contributed by atoms with Crippen molar-refractivity contribution in [1.29, 1.82) is 0 Å². The van der Waals surface area contributed by atoms with Crippen LogP contribution in [0.2, 0.25) is 0 Å². The second-order valence-corrected chi connectivity index (χ2v) is 4.63. The topological polar surface area (TPSA) is 47.3 Å². The summed E-state index contributed by atoms with van der Waals surface area (Å²) in [6, 6.07) is 5.25. The van der Waals surface area contributed by atoms with Gasteiger partial charge in [-0.05, 0) is 37.0 Å². The molecule has 1 aliphatic heterocycles. The van der Waals surface area contributed by atoms with E-state index in [2.05, 4.69) is 5.43 Å². The lowest BCUT2D eigenvalue weighted by Gasteiger charge is -2.30. The van der Waals surface area contributed by atoms with Crippen LogP contribution in [0.4, 0.5) is 4.39 Å². The lowest BCUT2D eigenvalue weighted by molar-refractivity contribution is 0.0389. The van der Waals surface area contributed by atoms with Crippen LogP contribution in [0.25, 0.3) is 0 Å². The zero-order chi connectivity index (χ0) is 12.3. The molecule has 0 aliphatic carbocycles. The van der Waals surface area contributed by atoms with Crippen LogP contribution in [-0.4, -0.2) is 13.2 Å². The first-order valence-corrected chi connectivity index (χ1v) is 6.02. The molecule has 2 rings (SSSR count). The molecule has 0 radical (unpaired) electrons. The molecule has 0 amide bonds. The molecule has 1 heterocycles. The van der Waals surface area contributed by atoms with Gasteiger partial charge in [-0.25, -0.2) is 4.39 Å². The minimum Gasteiger partial charge on any atom is -0.381 e. The number of nitrogens with two attached hydrogens (primary N) is 1. The Kier molecular flexibility index (Phi) is 4.10. The van der Waals surface area contributed by atoms with Crippen molar-refractivity contribution in [3.8, 4) is 0 Å². The van der Waals surface area contributed by atoms with Crippen LogP contribution in [0.5, 0.6) is 0 Å². The van der Waals surface area contributed by atoms with E-state index in [1.807, 2.05) is 6.07 Å². The number of halogens is 1. The standard InChI is InChI=1S/C13H19FN2O/c1-9-4-5-10(7-12(9)14)13(16-15)11-3-2-6-17-8-11/h4-5,7,11,13,16H,2-3,6,8,15H2,1H3. The molecule has 1 aliphatic rings. The predicted octanol–water partition coefficient (Wildman–Crippen LogP) is 2.07. The van der Waals surface area contributed by atoms with E-state index in [9.17, 15) is 4.39 Å². The zero-order valence-corrected chi connectivity index (χ0v) is 10.1. The van der Waals surface area contributed by atoms with Gasteiger partial charge in [0.2, 0.25) is 0 Å². The largest absolute Gasteiger partial charge is 0.381 e. The zero-order valence-electron chi connectivity index (χ0n) is 10.1. The normalized spacial score (nSPS) is 22.4. The number of hydrazine groups is 1. The predicted molar refractivity (Wildman–Crippen MR) is 64.7 cm³/mol. The van der Waals surface area contributed by atoms with E-state index < -0.39 is 0 Å². The average molecular weight is 238 g/mol. The first-order chi connectivity index (χ1) is 8.22. The Balaban J connectivity index is 2.18. The Morgan fingerprint density at radius 1 is 1.53 bits per heavy atom. The fraction of sp³-hybridized carbons (Fsp3) is 0.538. The Morgan fingerprint density at radius 2 is 2.35 bits per heavy atom. The summed E-state index contributed by atoms with van der Waals surface area (Å²) in [7, 11) is 0. The van der Waals surface area contributed by atoms with Crippen molar-refractivity contribution in [3.05, 3.63) is 35.1 Å². The average Bonchev–Trinajstić information content (AvgIpc) is 2.36. The maximum Gasteiger partial charge on any atom is 0.126 e. The fourth-order valence-electron chi connectivity index (χ4n) is 2.34. The summed E-state index contributed by atoms with van der Waals surface area (Å²) in [6.07, 6.45) is 2.10. The fourth-order valence-corrected chi connectivity index (χ4v) is 2.34. The third-order valence-electron chi connectivity index (χ3n) is 3.40. The van der Waals surface area contributed by atoms with Crippen LogP contribution in [0, 0.1) is 18.7 Å². The lowest BCUT2D eigenvalue weighted by atomic mass is 9.89. The van der Waals surface area contributed by atoms with Gasteiger partial charge in [-0.3, -0.25) is 11.3 Å². The van der Waals surface area contributed by atoms with Gasteiger partial charge in [0.1, 0.15) is 5.82 Å². The maximum absolute atomic E-state index is 13.5. The molecule has 1 saturated heterocycles. The van der Waals surface area contributed by atoms with E-state index in [0.29, 0.717) is 18.1 Å². The van der Waals surface area contributed by atoms with Gasteiger partial charge in [-0.15, -0.1) is 0 Å². The molecule has 0 spiro atoms. The third kappa shape index (κ3) is 2.83. The highest BCUT2D eigenvalue weighted by Gasteiger charge is 2.25. The number of aryl methyl sites for hydroxylation is 1. The molecule has 1 aromatic carbocycles. The first kappa shape index (κ1) is 12.5. The van der Waals surface area contributed by atoms with Crippen molar-refractivity contribution < 1.29 is 9.13 Å². The summed E-state index contributed by atoms with van der Waals surface area (Å²) in [6.45, 7) is 3.26. The SMILES string of the molecule is Cc1ccc(C(NN)C2CCCOC2)cc1F. The molecule has 0 aromatic heterocycles.